The van der Waals surface area contributed by atoms with Crippen LogP contribution >= 0.6 is 0 Å². The third kappa shape index (κ3) is 4.88. The molecule has 8 nitrogen and oxygen atoms in total. The van der Waals surface area contributed by atoms with E-state index in [0.717, 1.165) is 72.6 Å². The van der Waals surface area contributed by atoms with Gasteiger partial charge in [-0.3, -0.25) is 4.98 Å². The molecule has 4 aromatic rings. The predicted octanol–water partition coefficient (Wildman–Crippen LogP) is 4.55. The van der Waals surface area contributed by atoms with Gasteiger partial charge in [0.1, 0.15) is 17.5 Å². The highest BCUT2D eigenvalue weighted by Crippen LogP contribution is 2.43. The fourth-order valence-electron chi connectivity index (χ4n) is 4.83. The zero-order chi connectivity index (χ0) is 25.2. The Kier molecular flexibility index (Phi) is 6.24. The van der Waals surface area contributed by atoms with Gasteiger partial charge in [-0.15, -0.1) is 0 Å². The summed E-state index contributed by atoms with van der Waals surface area (Å²) >= 11 is 0. The van der Waals surface area contributed by atoms with Crippen LogP contribution in [0.2, 0.25) is 0 Å². The van der Waals surface area contributed by atoms with Crippen LogP contribution < -0.4 is 16.4 Å². The number of piperazine rings is 1. The zero-order valence-corrected chi connectivity index (χ0v) is 20.7. The van der Waals surface area contributed by atoms with E-state index in [0.29, 0.717) is 23.1 Å². The van der Waals surface area contributed by atoms with E-state index in [-0.39, 0.29) is 0 Å². The van der Waals surface area contributed by atoms with Crippen molar-refractivity contribution in [3.63, 3.8) is 0 Å². The average Bonchev–Trinajstić information content (AvgIpc) is 3.78. The number of amidine groups is 1. The van der Waals surface area contributed by atoms with Gasteiger partial charge in [0.05, 0.1) is 17.6 Å². The smallest absolute Gasteiger partial charge is 0.139 e. The molecule has 1 aliphatic carbocycles. The van der Waals surface area contributed by atoms with Gasteiger partial charge in [-0.1, -0.05) is 30.8 Å². The first-order valence-corrected chi connectivity index (χ1v) is 12.7. The number of nitrogens with one attached hydrogen (secondary N) is 2. The second-order valence-corrected chi connectivity index (χ2v) is 9.52. The van der Waals surface area contributed by atoms with E-state index in [4.69, 9.17) is 10.7 Å². The largest absolute Gasteiger partial charge is 0.397 e. The lowest BCUT2D eigenvalue weighted by Crippen LogP contribution is -2.47. The maximum atomic E-state index is 6.52. The molecule has 4 N–H and O–H groups in total. The summed E-state index contributed by atoms with van der Waals surface area (Å²) in [7, 11) is 0. The van der Waals surface area contributed by atoms with Crippen LogP contribution in [0.5, 0.6) is 0 Å². The summed E-state index contributed by atoms with van der Waals surface area (Å²) in [4.78, 5) is 20.9. The van der Waals surface area contributed by atoms with Crippen LogP contribution in [0.1, 0.15) is 35.4 Å². The summed E-state index contributed by atoms with van der Waals surface area (Å²) in [6, 6.07) is 14.0. The van der Waals surface area contributed by atoms with Crippen molar-refractivity contribution in [2.45, 2.75) is 18.8 Å². The molecule has 37 heavy (non-hydrogen) atoms. The van der Waals surface area contributed by atoms with Crippen LogP contribution in [0.4, 0.5) is 17.3 Å². The maximum Gasteiger partial charge on any atom is 0.139 e. The number of nitrogens with two attached hydrogens (primary N) is 1. The Balaban J connectivity index is 1.35. The molecule has 0 bridgehead atoms. The number of aromatic nitrogens is 3. The lowest BCUT2D eigenvalue weighted by Gasteiger charge is -2.32. The normalized spacial score (nSPS) is 16.1. The number of fused-ring (bicyclic) bond motifs is 1. The van der Waals surface area contributed by atoms with Gasteiger partial charge >= 0.3 is 0 Å². The van der Waals surface area contributed by atoms with Crippen LogP contribution in [-0.4, -0.2) is 51.9 Å². The topological polar surface area (TPSA) is 104 Å². The summed E-state index contributed by atoms with van der Waals surface area (Å²) in [6.45, 7) is 7.85. The van der Waals surface area contributed by atoms with Crippen LogP contribution in [0, 0.1) is 0 Å². The number of nitrogens with zero attached hydrogens (tertiary/aromatic N) is 5. The van der Waals surface area contributed by atoms with Crippen LogP contribution in [0.25, 0.3) is 16.5 Å². The minimum atomic E-state index is 0.498. The summed E-state index contributed by atoms with van der Waals surface area (Å²) < 4.78 is 0. The summed E-state index contributed by atoms with van der Waals surface area (Å²) in [5.74, 6) is 2.81. The molecule has 2 aliphatic rings. The van der Waals surface area contributed by atoms with Crippen molar-refractivity contribution in [3.05, 3.63) is 90.5 Å². The Labute approximate surface area is 216 Å². The Bertz CT molecular complexity index is 1480. The highest BCUT2D eigenvalue weighted by molar-refractivity contribution is 6.07. The van der Waals surface area contributed by atoms with Gasteiger partial charge in [-0.2, -0.15) is 0 Å². The van der Waals surface area contributed by atoms with Crippen molar-refractivity contribution >= 4 is 39.6 Å². The van der Waals surface area contributed by atoms with E-state index in [1.165, 1.54) is 5.56 Å². The molecule has 1 saturated heterocycles. The summed E-state index contributed by atoms with van der Waals surface area (Å²) in [5, 5.41) is 8.96. The quantitative estimate of drug-likeness (QED) is 0.269. The number of benzene rings is 1. The van der Waals surface area contributed by atoms with E-state index >= 15 is 0 Å². The third-order valence-electron chi connectivity index (χ3n) is 6.92. The van der Waals surface area contributed by atoms with Gasteiger partial charge in [0.25, 0.3) is 0 Å². The molecule has 2 fully saturated rings. The number of hydrogen-bond donors (Lipinski definition) is 3. The first-order valence-electron chi connectivity index (χ1n) is 12.7. The Morgan fingerprint density at radius 3 is 2.70 bits per heavy atom. The minimum Gasteiger partial charge on any atom is -0.397 e. The molecule has 0 atom stereocenters. The van der Waals surface area contributed by atoms with Gasteiger partial charge in [-0.05, 0) is 47.9 Å². The number of nitrogen functional groups attached to an aromatic ring is 1. The predicted molar refractivity (Wildman–Crippen MR) is 150 cm³/mol. The molecule has 186 valence electrons. The summed E-state index contributed by atoms with van der Waals surface area (Å²) in [6.07, 6.45) is 9.58. The number of aliphatic imine (C=N–C) groups is 1. The first kappa shape index (κ1) is 23.1. The molecule has 3 aromatic heterocycles. The summed E-state index contributed by atoms with van der Waals surface area (Å²) in [5.41, 5.74) is 10.9. The number of pyridine rings is 3. The zero-order valence-electron chi connectivity index (χ0n) is 20.7. The van der Waals surface area contributed by atoms with Crippen molar-refractivity contribution in [3.8, 4) is 0 Å². The number of hydrogen-bond acceptors (Lipinski definition) is 7. The standard InChI is InChI=1S/C29H30N8/c1-19(22-9-10-33-26(16-22)36-28-23-5-3-2-4-20(23)8-11-34-28)35-29(37-14-12-31-13-15-37)27-24(21-6-7-21)17-32-18-25(27)30/h2-5,8-11,16-18,21,31H,1,6-7,12-15,30H2,(H,33,34,36)/b35-29+. The van der Waals surface area contributed by atoms with E-state index in [1.807, 2.05) is 42.6 Å². The second-order valence-electron chi connectivity index (χ2n) is 9.52. The third-order valence-corrected chi connectivity index (χ3v) is 6.92. The van der Waals surface area contributed by atoms with Crippen molar-refractivity contribution in [2.75, 3.05) is 37.2 Å². The van der Waals surface area contributed by atoms with Gasteiger partial charge in [0, 0.05) is 61.3 Å². The molecule has 8 heteroatoms. The Hall–Kier alpha value is -4.30. The van der Waals surface area contributed by atoms with E-state index in [2.05, 4.69) is 43.1 Å². The lowest BCUT2D eigenvalue weighted by molar-refractivity contribution is 0.358. The van der Waals surface area contributed by atoms with E-state index in [9.17, 15) is 0 Å². The number of rotatable bonds is 6. The molecular weight excluding hydrogens is 460 g/mol. The molecule has 0 radical (unpaired) electrons. The van der Waals surface area contributed by atoms with E-state index < -0.39 is 0 Å². The monoisotopic (exact) mass is 490 g/mol. The van der Waals surface area contributed by atoms with Crippen molar-refractivity contribution in [2.24, 2.45) is 4.99 Å². The van der Waals surface area contributed by atoms with Gasteiger partial charge in [-0.25, -0.2) is 15.0 Å². The van der Waals surface area contributed by atoms with Crippen LogP contribution in [0.3, 0.4) is 0 Å². The highest BCUT2D eigenvalue weighted by Gasteiger charge is 2.31. The fraction of sp³-hybridized carbons (Fsp3) is 0.241. The molecule has 1 saturated carbocycles. The minimum absolute atomic E-state index is 0.498. The second kappa shape index (κ2) is 9.99. The van der Waals surface area contributed by atoms with Gasteiger partial charge in [0.15, 0.2) is 0 Å². The molecule has 4 heterocycles. The van der Waals surface area contributed by atoms with E-state index in [1.54, 1.807) is 18.6 Å². The first-order chi connectivity index (χ1) is 18.2. The van der Waals surface area contributed by atoms with Crippen molar-refractivity contribution in [1.29, 1.82) is 0 Å². The van der Waals surface area contributed by atoms with Crippen LogP contribution in [0.15, 0.2) is 78.8 Å². The maximum absolute atomic E-state index is 6.52. The molecule has 0 unspecified atom stereocenters. The SMILES string of the molecule is C=C(/N=C(\c1c(N)cncc1C1CC1)N1CCNCC1)c1ccnc(Nc2nccc3ccccc23)c1. The molecule has 0 spiro atoms. The van der Waals surface area contributed by atoms with Crippen molar-refractivity contribution < 1.29 is 0 Å². The average molecular weight is 491 g/mol. The Morgan fingerprint density at radius 1 is 1.05 bits per heavy atom. The van der Waals surface area contributed by atoms with Crippen molar-refractivity contribution in [1.82, 2.24) is 25.2 Å². The highest BCUT2D eigenvalue weighted by atomic mass is 15.2. The molecule has 1 aliphatic heterocycles. The molecular formula is C29H30N8. The van der Waals surface area contributed by atoms with Gasteiger partial charge < -0.3 is 21.3 Å². The van der Waals surface area contributed by atoms with Gasteiger partial charge in [0.2, 0.25) is 0 Å². The number of anilines is 3. The molecule has 0 amide bonds. The molecule has 6 rings (SSSR count). The van der Waals surface area contributed by atoms with Crippen LogP contribution in [-0.2, 0) is 0 Å². The molecule has 1 aromatic carbocycles. The Morgan fingerprint density at radius 2 is 1.86 bits per heavy atom. The fourth-order valence-corrected chi connectivity index (χ4v) is 4.83. The lowest BCUT2D eigenvalue weighted by atomic mass is 10.0.